The first-order valence-corrected chi connectivity index (χ1v) is 5.77. The lowest BCUT2D eigenvalue weighted by molar-refractivity contribution is -0.124. The van der Waals surface area contributed by atoms with Crippen LogP contribution in [0.4, 0.5) is 10.1 Å². The van der Waals surface area contributed by atoms with Crippen LogP contribution in [0, 0.1) is 11.2 Å². The Morgan fingerprint density at radius 2 is 2.24 bits per heavy atom. The van der Waals surface area contributed by atoms with Crippen molar-refractivity contribution in [3.63, 3.8) is 0 Å². The summed E-state index contributed by atoms with van der Waals surface area (Å²) in [6.07, 6.45) is 0.619. The van der Waals surface area contributed by atoms with Gasteiger partial charge in [0.1, 0.15) is 5.82 Å². The van der Waals surface area contributed by atoms with Gasteiger partial charge in [-0.1, -0.05) is 18.5 Å². The number of halogens is 2. The maximum absolute atomic E-state index is 12.8. The van der Waals surface area contributed by atoms with E-state index in [1.807, 2.05) is 6.92 Å². The Bertz CT molecular complexity index is 419. The summed E-state index contributed by atoms with van der Waals surface area (Å²) < 4.78 is 12.8. The molecule has 1 unspecified atom stereocenters. The topological polar surface area (TPSA) is 55.1 Å². The Balaban J connectivity index is 2.88. The van der Waals surface area contributed by atoms with Crippen LogP contribution in [0.5, 0.6) is 0 Å². The second-order valence-electron chi connectivity index (χ2n) is 4.20. The summed E-state index contributed by atoms with van der Waals surface area (Å²) in [6, 6.07) is 3.83. The molecule has 1 atom stereocenters. The summed E-state index contributed by atoms with van der Waals surface area (Å²) in [5.74, 6) is -0.652. The highest BCUT2D eigenvalue weighted by Gasteiger charge is 2.29. The molecule has 0 radical (unpaired) electrons. The minimum absolute atomic E-state index is 0.175. The van der Waals surface area contributed by atoms with Crippen molar-refractivity contribution in [2.75, 3.05) is 11.9 Å². The number of anilines is 1. The molecule has 0 bridgehead atoms. The fourth-order valence-corrected chi connectivity index (χ4v) is 1.48. The highest BCUT2D eigenvalue weighted by Crippen LogP contribution is 2.26. The molecule has 1 amide bonds. The number of carbonyl (C=O) groups is 1. The van der Waals surface area contributed by atoms with Crippen LogP contribution in [0.2, 0.25) is 5.02 Å². The van der Waals surface area contributed by atoms with E-state index < -0.39 is 11.2 Å². The van der Waals surface area contributed by atoms with Crippen molar-refractivity contribution in [3.05, 3.63) is 29.0 Å². The van der Waals surface area contributed by atoms with Gasteiger partial charge in [0.2, 0.25) is 5.91 Å². The van der Waals surface area contributed by atoms with Gasteiger partial charge in [0.15, 0.2) is 0 Å². The molecule has 0 saturated heterocycles. The molecule has 3 N–H and O–H groups in total. The van der Waals surface area contributed by atoms with Gasteiger partial charge in [-0.2, -0.15) is 0 Å². The van der Waals surface area contributed by atoms with E-state index in [4.69, 9.17) is 17.3 Å². The zero-order valence-electron chi connectivity index (χ0n) is 9.89. The summed E-state index contributed by atoms with van der Waals surface area (Å²) >= 11 is 5.82. The van der Waals surface area contributed by atoms with Gasteiger partial charge >= 0.3 is 0 Å². The zero-order chi connectivity index (χ0) is 13.1. The largest absolute Gasteiger partial charge is 0.329 e. The molecular weight excluding hydrogens is 243 g/mol. The van der Waals surface area contributed by atoms with Gasteiger partial charge < -0.3 is 11.1 Å². The van der Waals surface area contributed by atoms with Crippen molar-refractivity contribution in [1.29, 1.82) is 0 Å². The molecular formula is C12H16ClFN2O. The highest BCUT2D eigenvalue weighted by molar-refractivity contribution is 6.33. The van der Waals surface area contributed by atoms with Crippen LogP contribution in [-0.2, 0) is 4.79 Å². The minimum atomic E-state index is -0.641. The Kier molecular flexibility index (Phi) is 4.48. The van der Waals surface area contributed by atoms with Crippen LogP contribution in [0.3, 0.4) is 0 Å². The summed E-state index contributed by atoms with van der Waals surface area (Å²) in [5.41, 5.74) is 5.33. The molecule has 94 valence electrons. The Morgan fingerprint density at radius 3 is 2.71 bits per heavy atom. The Hall–Kier alpha value is -1.13. The van der Waals surface area contributed by atoms with Crippen LogP contribution >= 0.6 is 11.6 Å². The zero-order valence-corrected chi connectivity index (χ0v) is 10.6. The van der Waals surface area contributed by atoms with Crippen LogP contribution in [-0.4, -0.2) is 12.5 Å². The number of carbonyl (C=O) groups excluding carboxylic acids is 1. The lowest BCUT2D eigenvalue weighted by Crippen LogP contribution is -2.39. The van der Waals surface area contributed by atoms with Gasteiger partial charge in [-0.3, -0.25) is 4.79 Å². The Labute approximate surface area is 105 Å². The third-order valence-corrected chi connectivity index (χ3v) is 3.27. The molecule has 0 aromatic heterocycles. The standard InChI is InChI=1S/C12H16ClFN2O/c1-3-12(2,7-15)11(17)16-10-5-4-8(14)6-9(10)13/h4-6H,3,7,15H2,1-2H3,(H,16,17). The normalized spacial score (nSPS) is 14.2. The van der Waals surface area contributed by atoms with Gasteiger partial charge in [0.25, 0.3) is 0 Å². The van der Waals surface area contributed by atoms with E-state index in [1.165, 1.54) is 12.1 Å². The average molecular weight is 259 g/mol. The maximum atomic E-state index is 12.8. The van der Waals surface area contributed by atoms with Gasteiger partial charge in [-0.15, -0.1) is 0 Å². The van der Waals surface area contributed by atoms with E-state index in [0.717, 1.165) is 6.07 Å². The highest BCUT2D eigenvalue weighted by atomic mass is 35.5. The van der Waals surface area contributed by atoms with Crippen LogP contribution in [0.1, 0.15) is 20.3 Å². The number of hydrogen-bond donors (Lipinski definition) is 2. The lowest BCUT2D eigenvalue weighted by atomic mass is 9.86. The quantitative estimate of drug-likeness (QED) is 0.873. The van der Waals surface area contributed by atoms with Crippen molar-refractivity contribution >= 4 is 23.2 Å². The van der Waals surface area contributed by atoms with Gasteiger partial charge in [0, 0.05) is 6.54 Å². The Morgan fingerprint density at radius 1 is 1.59 bits per heavy atom. The predicted molar refractivity (Wildman–Crippen MR) is 67.5 cm³/mol. The van der Waals surface area contributed by atoms with Crippen molar-refractivity contribution in [2.24, 2.45) is 11.1 Å². The molecule has 0 aliphatic rings. The number of amides is 1. The van der Waals surface area contributed by atoms with E-state index in [9.17, 15) is 9.18 Å². The first-order valence-electron chi connectivity index (χ1n) is 5.39. The van der Waals surface area contributed by atoms with Gasteiger partial charge in [0.05, 0.1) is 16.1 Å². The monoisotopic (exact) mass is 258 g/mol. The molecule has 1 aromatic rings. The molecule has 0 saturated carbocycles. The fraction of sp³-hybridized carbons (Fsp3) is 0.417. The molecule has 0 heterocycles. The second kappa shape index (κ2) is 5.47. The lowest BCUT2D eigenvalue weighted by Gasteiger charge is -2.25. The van der Waals surface area contributed by atoms with Gasteiger partial charge in [-0.25, -0.2) is 4.39 Å². The SMILES string of the molecule is CCC(C)(CN)C(=O)Nc1ccc(F)cc1Cl. The summed E-state index contributed by atoms with van der Waals surface area (Å²) in [7, 11) is 0. The van der Waals surface area contributed by atoms with Crippen LogP contribution < -0.4 is 11.1 Å². The molecule has 3 nitrogen and oxygen atoms in total. The van der Waals surface area contributed by atoms with Crippen molar-refractivity contribution in [1.82, 2.24) is 0 Å². The maximum Gasteiger partial charge on any atom is 0.231 e. The molecule has 0 aliphatic heterocycles. The van der Waals surface area contributed by atoms with Crippen molar-refractivity contribution in [2.45, 2.75) is 20.3 Å². The molecule has 0 fully saturated rings. The molecule has 0 spiro atoms. The van der Waals surface area contributed by atoms with Crippen molar-refractivity contribution < 1.29 is 9.18 Å². The average Bonchev–Trinajstić information content (AvgIpc) is 2.31. The first kappa shape index (κ1) is 13.9. The third-order valence-electron chi connectivity index (χ3n) is 2.96. The van der Waals surface area contributed by atoms with E-state index in [0.29, 0.717) is 12.1 Å². The molecule has 17 heavy (non-hydrogen) atoms. The number of hydrogen-bond acceptors (Lipinski definition) is 2. The fourth-order valence-electron chi connectivity index (χ4n) is 1.26. The van der Waals surface area contributed by atoms with Gasteiger partial charge in [-0.05, 0) is 31.5 Å². The van der Waals surface area contributed by atoms with E-state index >= 15 is 0 Å². The number of nitrogens with two attached hydrogens (primary N) is 1. The third kappa shape index (κ3) is 3.17. The molecule has 0 aliphatic carbocycles. The number of rotatable bonds is 4. The smallest absolute Gasteiger partial charge is 0.231 e. The molecule has 5 heteroatoms. The summed E-state index contributed by atoms with van der Waals surface area (Å²) in [5, 5.41) is 2.84. The van der Waals surface area contributed by atoms with Crippen LogP contribution in [0.15, 0.2) is 18.2 Å². The van der Waals surface area contributed by atoms with E-state index in [-0.39, 0.29) is 17.5 Å². The number of benzene rings is 1. The summed E-state index contributed by atoms with van der Waals surface area (Å²) in [4.78, 5) is 12.0. The second-order valence-corrected chi connectivity index (χ2v) is 4.60. The van der Waals surface area contributed by atoms with E-state index in [1.54, 1.807) is 6.92 Å². The minimum Gasteiger partial charge on any atom is -0.329 e. The number of nitrogens with one attached hydrogen (secondary N) is 1. The molecule has 1 aromatic carbocycles. The summed E-state index contributed by atoms with van der Waals surface area (Å²) in [6.45, 7) is 3.91. The van der Waals surface area contributed by atoms with E-state index in [2.05, 4.69) is 5.32 Å². The molecule has 1 rings (SSSR count). The predicted octanol–water partition coefficient (Wildman–Crippen LogP) is 2.79. The first-order chi connectivity index (χ1) is 7.92. The van der Waals surface area contributed by atoms with Crippen LogP contribution in [0.25, 0.3) is 0 Å². The van der Waals surface area contributed by atoms with Crippen molar-refractivity contribution in [3.8, 4) is 0 Å².